The van der Waals surface area contributed by atoms with Gasteiger partial charge in [-0.2, -0.15) is 0 Å². The maximum Gasteiger partial charge on any atom is 0.303 e. The third kappa shape index (κ3) is 3.76. The Morgan fingerprint density at radius 2 is 2.11 bits per heavy atom. The standard InChI is InChI=1S/C15H18N2O2/c1-17(8-4-7-15(18)19)11-13-10-16-9-12-5-2-3-6-14(12)13/h2-3,5-6,9-10H,4,7-8,11H2,1H3,(H,18,19). The predicted molar refractivity (Wildman–Crippen MR) is 74.9 cm³/mol. The van der Waals surface area contributed by atoms with Crippen molar-refractivity contribution in [2.45, 2.75) is 19.4 Å². The van der Waals surface area contributed by atoms with Crippen LogP contribution < -0.4 is 0 Å². The monoisotopic (exact) mass is 258 g/mol. The molecule has 0 aliphatic carbocycles. The van der Waals surface area contributed by atoms with Crippen LogP contribution in [0.1, 0.15) is 18.4 Å². The van der Waals surface area contributed by atoms with Gasteiger partial charge in [0.15, 0.2) is 0 Å². The summed E-state index contributed by atoms with van der Waals surface area (Å²) >= 11 is 0. The lowest BCUT2D eigenvalue weighted by atomic mass is 10.1. The van der Waals surface area contributed by atoms with Gasteiger partial charge in [-0.1, -0.05) is 24.3 Å². The van der Waals surface area contributed by atoms with Crippen LogP contribution >= 0.6 is 0 Å². The van der Waals surface area contributed by atoms with E-state index in [1.165, 1.54) is 10.9 Å². The molecule has 19 heavy (non-hydrogen) atoms. The van der Waals surface area contributed by atoms with E-state index < -0.39 is 5.97 Å². The maximum atomic E-state index is 10.5. The van der Waals surface area contributed by atoms with E-state index in [1.807, 2.05) is 31.6 Å². The zero-order chi connectivity index (χ0) is 13.7. The summed E-state index contributed by atoms with van der Waals surface area (Å²) in [6.45, 7) is 1.56. The van der Waals surface area contributed by atoms with E-state index >= 15 is 0 Å². The summed E-state index contributed by atoms with van der Waals surface area (Å²) in [5.74, 6) is -0.736. The molecule has 0 saturated heterocycles. The number of fused-ring (bicyclic) bond motifs is 1. The minimum atomic E-state index is -0.736. The largest absolute Gasteiger partial charge is 0.481 e. The molecule has 4 nitrogen and oxygen atoms in total. The molecule has 0 radical (unpaired) electrons. The van der Waals surface area contributed by atoms with Gasteiger partial charge < -0.3 is 10.0 Å². The summed E-state index contributed by atoms with van der Waals surface area (Å²) in [5.41, 5.74) is 1.18. The number of benzene rings is 1. The molecule has 1 aromatic carbocycles. The van der Waals surface area contributed by atoms with Crippen LogP contribution in [-0.4, -0.2) is 34.6 Å². The lowest BCUT2D eigenvalue weighted by Crippen LogP contribution is -2.20. The predicted octanol–water partition coefficient (Wildman–Crippen LogP) is 2.53. The summed E-state index contributed by atoms with van der Waals surface area (Å²) < 4.78 is 0. The maximum absolute atomic E-state index is 10.5. The minimum Gasteiger partial charge on any atom is -0.481 e. The topological polar surface area (TPSA) is 53.4 Å². The van der Waals surface area contributed by atoms with Gasteiger partial charge in [-0.15, -0.1) is 0 Å². The number of aliphatic carboxylic acids is 1. The quantitative estimate of drug-likeness (QED) is 0.865. The van der Waals surface area contributed by atoms with E-state index in [-0.39, 0.29) is 6.42 Å². The molecule has 0 aliphatic rings. The highest BCUT2D eigenvalue weighted by molar-refractivity contribution is 5.84. The highest BCUT2D eigenvalue weighted by Gasteiger charge is 2.05. The van der Waals surface area contributed by atoms with Crippen LogP contribution in [0.5, 0.6) is 0 Å². The fourth-order valence-electron chi connectivity index (χ4n) is 2.18. The first kappa shape index (κ1) is 13.5. The van der Waals surface area contributed by atoms with Crippen molar-refractivity contribution >= 4 is 16.7 Å². The number of hydrogen-bond acceptors (Lipinski definition) is 3. The van der Waals surface area contributed by atoms with Crippen molar-refractivity contribution in [1.82, 2.24) is 9.88 Å². The van der Waals surface area contributed by atoms with Gasteiger partial charge in [-0.25, -0.2) is 0 Å². The lowest BCUT2D eigenvalue weighted by molar-refractivity contribution is -0.137. The first-order valence-corrected chi connectivity index (χ1v) is 6.39. The van der Waals surface area contributed by atoms with E-state index in [2.05, 4.69) is 22.0 Å². The van der Waals surface area contributed by atoms with E-state index in [0.717, 1.165) is 18.5 Å². The Morgan fingerprint density at radius 3 is 2.89 bits per heavy atom. The molecule has 2 rings (SSSR count). The SMILES string of the molecule is CN(CCCC(=O)O)Cc1cncc2ccccc12. The van der Waals surface area contributed by atoms with Crippen LogP contribution in [0.2, 0.25) is 0 Å². The zero-order valence-electron chi connectivity index (χ0n) is 11.0. The van der Waals surface area contributed by atoms with Gasteiger partial charge in [0, 0.05) is 30.7 Å². The number of hydrogen-bond donors (Lipinski definition) is 1. The molecule has 0 bridgehead atoms. The molecule has 0 amide bonds. The molecule has 1 N–H and O–H groups in total. The summed E-state index contributed by atoms with van der Waals surface area (Å²) in [6, 6.07) is 8.17. The summed E-state index contributed by atoms with van der Waals surface area (Å²) in [6.07, 6.45) is 4.64. The molecule has 100 valence electrons. The molecule has 0 atom stereocenters. The molecule has 0 unspecified atom stereocenters. The van der Waals surface area contributed by atoms with Gasteiger partial charge in [0.1, 0.15) is 0 Å². The molecule has 4 heteroatoms. The van der Waals surface area contributed by atoms with Crippen LogP contribution in [0, 0.1) is 0 Å². The number of pyridine rings is 1. The highest BCUT2D eigenvalue weighted by atomic mass is 16.4. The molecule has 0 aliphatic heterocycles. The summed E-state index contributed by atoms with van der Waals surface area (Å²) in [5, 5.41) is 11.0. The normalized spacial score (nSPS) is 11.1. The minimum absolute atomic E-state index is 0.220. The lowest BCUT2D eigenvalue weighted by Gasteiger charge is -2.17. The van der Waals surface area contributed by atoms with Crippen LogP contribution in [0.25, 0.3) is 10.8 Å². The van der Waals surface area contributed by atoms with Gasteiger partial charge in [-0.05, 0) is 31.0 Å². The summed E-state index contributed by atoms with van der Waals surface area (Å²) in [7, 11) is 2.00. The van der Waals surface area contributed by atoms with Crippen LogP contribution in [-0.2, 0) is 11.3 Å². The second kappa shape index (κ2) is 6.29. The first-order valence-electron chi connectivity index (χ1n) is 6.39. The van der Waals surface area contributed by atoms with E-state index in [9.17, 15) is 4.79 Å². The third-order valence-corrected chi connectivity index (χ3v) is 3.12. The fourth-order valence-corrected chi connectivity index (χ4v) is 2.18. The van der Waals surface area contributed by atoms with Gasteiger partial charge in [0.2, 0.25) is 0 Å². The highest BCUT2D eigenvalue weighted by Crippen LogP contribution is 2.18. The van der Waals surface area contributed by atoms with Crippen molar-refractivity contribution in [3.8, 4) is 0 Å². The molecule has 0 saturated carbocycles. The second-order valence-electron chi connectivity index (χ2n) is 4.75. The molecule has 2 aromatic rings. The average Bonchev–Trinajstić information content (AvgIpc) is 2.39. The average molecular weight is 258 g/mol. The summed E-state index contributed by atoms with van der Waals surface area (Å²) in [4.78, 5) is 16.9. The van der Waals surface area contributed by atoms with E-state index in [0.29, 0.717) is 6.42 Å². The number of carboxylic acid groups (broad SMARTS) is 1. The molecular formula is C15H18N2O2. The number of aromatic nitrogens is 1. The Hall–Kier alpha value is -1.94. The van der Waals surface area contributed by atoms with Gasteiger partial charge >= 0.3 is 5.97 Å². The van der Waals surface area contributed by atoms with Crippen molar-refractivity contribution in [1.29, 1.82) is 0 Å². The van der Waals surface area contributed by atoms with Crippen LogP contribution in [0.3, 0.4) is 0 Å². The van der Waals surface area contributed by atoms with Gasteiger partial charge in [-0.3, -0.25) is 9.78 Å². The smallest absolute Gasteiger partial charge is 0.303 e. The van der Waals surface area contributed by atoms with Crippen LogP contribution in [0.15, 0.2) is 36.7 Å². The number of carbonyl (C=O) groups is 1. The third-order valence-electron chi connectivity index (χ3n) is 3.12. The first-order chi connectivity index (χ1) is 9.16. The van der Waals surface area contributed by atoms with Gasteiger partial charge in [0.05, 0.1) is 0 Å². The number of carboxylic acids is 1. The van der Waals surface area contributed by atoms with Crippen molar-refractivity contribution in [3.05, 3.63) is 42.2 Å². The van der Waals surface area contributed by atoms with E-state index in [1.54, 1.807) is 0 Å². The Balaban J connectivity index is 2.02. The Bertz CT molecular complexity index is 564. The Labute approximate surface area is 112 Å². The Kier molecular flexibility index (Phi) is 4.47. The van der Waals surface area contributed by atoms with Crippen molar-refractivity contribution in [2.24, 2.45) is 0 Å². The molecular weight excluding hydrogens is 240 g/mol. The Morgan fingerprint density at radius 1 is 1.32 bits per heavy atom. The van der Waals surface area contributed by atoms with Crippen molar-refractivity contribution in [2.75, 3.05) is 13.6 Å². The molecule has 0 fully saturated rings. The van der Waals surface area contributed by atoms with Crippen molar-refractivity contribution in [3.63, 3.8) is 0 Å². The van der Waals surface area contributed by atoms with Crippen LogP contribution in [0.4, 0.5) is 0 Å². The van der Waals surface area contributed by atoms with E-state index in [4.69, 9.17) is 5.11 Å². The molecule has 0 spiro atoms. The fraction of sp³-hybridized carbons (Fsp3) is 0.333. The number of rotatable bonds is 6. The van der Waals surface area contributed by atoms with Gasteiger partial charge in [0.25, 0.3) is 0 Å². The molecule has 1 heterocycles. The van der Waals surface area contributed by atoms with Crippen molar-refractivity contribution < 1.29 is 9.90 Å². The second-order valence-corrected chi connectivity index (χ2v) is 4.75. The molecule has 1 aromatic heterocycles. The number of nitrogens with zero attached hydrogens (tertiary/aromatic N) is 2. The zero-order valence-corrected chi connectivity index (χ0v) is 11.0.